The topological polar surface area (TPSA) is 14.2 Å². The van der Waals surface area contributed by atoms with Crippen LogP contribution in [0.3, 0.4) is 0 Å². The van der Waals surface area contributed by atoms with Crippen molar-refractivity contribution in [3.05, 3.63) is 84.5 Å². The third-order valence-electron chi connectivity index (χ3n) is 8.03. The van der Waals surface area contributed by atoms with E-state index in [0.29, 0.717) is 12.1 Å². The van der Waals surface area contributed by atoms with Crippen LogP contribution in [-0.2, 0) is 13.1 Å². The van der Waals surface area contributed by atoms with E-state index >= 15 is 0 Å². The second-order valence-electron chi connectivity index (χ2n) is 10.9. The number of allylic oxidation sites excluding steroid dienone is 4. The van der Waals surface area contributed by atoms with E-state index < -0.39 is 0 Å². The van der Waals surface area contributed by atoms with E-state index in [2.05, 4.69) is 106 Å². The molecule has 2 aliphatic heterocycles. The smallest absolute Gasteiger partial charge is 0.173 e. The fourth-order valence-corrected chi connectivity index (χ4v) is 5.88. The van der Waals surface area contributed by atoms with E-state index in [4.69, 9.17) is 0 Å². The molecule has 0 saturated carbocycles. The predicted octanol–water partition coefficient (Wildman–Crippen LogP) is 5.95. The van der Waals surface area contributed by atoms with Gasteiger partial charge < -0.3 is 0 Å². The molecular weight excluding hydrogens is 440 g/mol. The summed E-state index contributed by atoms with van der Waals surface area (Å²) in [5.41, 5.74) is 2.96. The Morgan fingerprint density at radius 1 is 0.722 bits per heavy atom. The first-order valence-electron chi connectivity index (χ1n) is 14.4. The summed E-state index contributed by atoms with van der Waals surface area (Å²) in [5, 5.41) is 0. The number of pyridine rings is 2. The molecule has 0 radical (unpaired) electrons. The van der Waals surface area contributed by atoms with Crippen LogP contribution >= 0.6 is 0 Å². The average Bonchev–Trinajstić information content (AvgIpc) is 3.53. The van der Waals surface area contributed by atoms with Crippen molar-refractivity contribution in [2.24, 2.45) is 0 Å². The van der Waals surface area contributed by atoms with E-state index in [-0.39, 0.29) is 0 Å². The van der Waals surface area contributed by atoms with Gasteiger partial charge in [0.05, 0.1) is 0 Å². The lowest BCUT2D eigenvalue weighted by Gasteiger charge is -2.18. The number of aromatic nitrogens is 2. The Bertz CT molecular complexity index is 902. The molecule has 2 fully saturated rings. The van der Waals surface area contributed by atoms with E-state index in [0.717, 1.165) is 13.1 Å². The summed E-state index contributed by atoms with van der Waals surface area (Å²) >= 11 is 0. The summed E-state index contributed by atoms with van der Waals surface area (Å²) in [4.78, 5) is 4.98. The zero-order valence-corrected chi connectivity index (χ0v) is 22.8. The standard InChI is InChI=1S/C32H48N4/c1-33-21-15-19-31(33)29-17-13-25-35(27-29)23-11-9-7-5-3-4-6-8-10-12-24-36-26-14-18-30(28-36)32-20-16-22-34(32)2/h3-6,13-14,17-18,25-28,31-32H,7-12,15-16,19-24H2,1-2H3/q+2. The van der Waals surface area contributed by atoms with Gasteiger partial charge in [-0.25, -0.2) is 9.13 Å². The highest BCUT2D eigenvalue weighted by molar-refractivity contribution is 5.13. The monoisotopic (exact) mass is 488 g/mol. The number of hydrogen-bond acceptors (Lipinski definition) is 2. The SMILES string of the molecule is CN1CCCC1c1ccc[n+](CCCCC=CC=CCCCC[n+]2cccc(C3CCCN3C)c2)c1. The Labute approximate surface area is 220 Å². The fraction of sp³-hybridized carbons (Fsp3) is 0.562. The van der Waals surface area contributed by atoms with Crippen molar-refractivity contribution in [1.29, 1.82) is 0 Å². The van der Waals surface area contributed by atoms with Crippen molar-refractivity contribution >= 4 is 0 Å². The maximum absolute atomic E-state index is 2.49. The second kappa shape index (κ2) is 14.4. The van der Waals surface area contributed by atoms with Crippen LogP contribution in [0.2, 0.25) is 0 Å². The lowest BCUT2D eigenvalue weighted by molar-refractivity contribution is -0.698. The molecular formula is C32H48N4+2. The van der Waals surface area contributed by atoms with Crippen LogP contribution in [0.1, 0.15) is 87.4 Å². The lowest BCUT2D eigenvalue weighted by atomic mass is 10.1. The molecule has 2 saturated heterocycles. The molecule has 0 spiro atoms. The van der Waals surface area contributed by atoms with Gasteiger partial charge in [-0.05, 0) is 90.7 Å². The molecule has 4 heterocycles. The van der Waals surface area contributed by atoms with E-state index in [9.17, 15) is 0 Å². The highest BCUT2D eigenvalue weighted by Gasteiger charge is 2.25. The van der Waals surface area contributed by atoms with Crippen molar-refractivity contribution < 1.29 is 9.13 Å². The van der Waals surface area contributed by atoms with Gasteiger partial charge in [0.25, 0.3) is 0 Å². The average molecular weight is 489 g/mol. The normalized spacial score (nSPS) is 21.4. The zero-order chi connectivity index (χ0) is 25.0. The van der Waals surface area contributed by atoms with Crippen LogP contribution in [0.4, 0.5) is 0 Å². The molecule has 0 aromatic carbocycles. The molecule has 194 valence electrons. The van der Waals surface area contributed by atoms with E-state index in [1.807, 2.05) is 0 Å². The van der Waals surface area contributed by atoms with Crippen molar-refractivity contribution in [1.82, 2.24) is 9.80 Å². The Hall–Kier alpha value is -2.30. The van der Waals surface area contributed by atoms with Gasteiger partial charge in [-0.1, -0.05) is 24.3 Å². The summed E-state index contributed by atoms with van der Waals surface area (Å²) in [7, 11) is 4.51. The molecule has 36 heavy (non-hydrogen) atoms. The molecule has 2 unspecified atom stereocenters. The minimum absolute atomic E-state index is 0.612. The molecule has 2 aromatic heterocycles. The van der Waals surface area contributed by atoms with Gasteiger partial charge in [-0.2, -0.15) is 0 Å². The van der Waals surface area contributed by atoms with Gasteiger partial charge in [0.15, 0.2) is 24.8 Å². The van der Waals surface area contributed by atoms with Gasteiger partial charge in [0.2, 0.25) is 0 Å². The fourth-order valence-electron chi connectivity index (χ4n) is 5.88. The maximum atomic E-state index is 2.49. The lowest BCUT2D eigenvalue weighted by Crippen LogP contribution is -2.34. The largest absolute Gasteiger partial charge is 0.299 e. The van der Waals surface area contributed by atoms with Crippen molar-refractivity contribution in [3.63, 3.8) is 0 Å². The van der Waals surface area contributed by atoms with Crippen LogP contribution in [0.15, 0.2) is 73.4 Å². The molecule has 2 atom stereocenters. The molecule has 0 aliphatic carbocycles. The molecule has 0 amide bonds. The summed E-state index contributed by atoms with van der Waals surface area (Å²) < 4.78 is 4.76. The van der Waals surface area contributed by atoms with E-state index in [1.54, 1.807) is 0 Å². The first-order chi connectivity index (χ1) is 17.7. The summed E-state index contributed by atoms with van der Waals surface area (Å²) in [5.74, 6) is 0. The minimum Gasteiger partial charge on any atom is -0.299 e. The minimum atomic E-state index is 0.612. The first kappa shape index (κ1) is 26.8. The van der Waals surface area contributed by atoms with E-state index in [1.165, 1.54) is 88.4 Å². The quantitative estimate of drug-likeness (QED) is 0.197. The number of likely N-dealkylation sites (tertiary alicyclic amines) is 2. The summed E-state index contributed by atoms with van der Waals surface area (Å²) in [6.07, 6.45) is 30.8. The van der Waals surface area contributed by atoms with Gasteiger partial charge in [-0.15, -0.1) is 0 Å². The first-order valence-corrected chi connectivity index (χ1v) is 14.4. The van der Waals surface area contributed by atoms with Crippen molar-refractivity contribution in [2.75, 3.05) is 27.2 Å². The summed E-state index contributed by atoms with van der Waals surface area (Å²) in [6.45, 7) is 4.69. The molecule has 4 rings (SSSR count). The van der Waals surface area contributed by atoms with Gasteiger partial charge >= 0.3 is 0 Å². The third-order valence-corrected chi connectivity index (χ3v) is 8.03. The number of aryl methyl sites for hydroxylation is 2. The molecule has 2 aliphatic rings. The summed E-state index contributed by atoms with van der Waals surface area (Å²) in [6, 6.07) is 10.3. The Balaban J connectivity index is 1.05. The second-order valence-corrected chi connectivity index (χ2v) is 10.9. The molecule has 0 bridgehead atoms. The van der Waals surface area contributed by atoms with Crippen LogP contribution in [0, 0.1) is 0 Å². The van der Waals surface area contributed by atoms with Gasteiger partial charge in [-0.3, -0.25) is 9.80 Å². The van der Waals surface area contributed by atoms with Crippen LogP contribution < -0.4 is 9.13 Å². The van der Waals surface area contributed by atoms with Crippen molar-refractivity contribution in [2.45, 2.75) is 89.4 Å². The third kappa shape index (κ3) is 8.11. The van der Waals surface area contributed by atoms with Crippen LogP contribution in [0.5, 0.6) is 0 Å². The van der Waals surface area contributed by atoms with Gasteiger partial charge in [0.1, 0.15) is 13.1 Å². The van der Waals surface area contributed by atoms with Crippen molar-refractivity contribution in [3.8, 4) is 0 Å². The Morgan fingerprint density at radius 3 is 1.61 bits per heavy atom. The number of unbranched alkanes of at least 4 members (excludes halogenated alkanes) is 4. The molecule has 2 aromatic rings. The van der Waals surface area contributed by atoms with Gasteiger partial charge in [0, 0.05) is 48.2 Å². The molecule has 4 heteroatoms. The highest BCUT2D eigenvalue weighted by atomic mass is 15.2. The van der Waals surface area contributed by atoms with Crippen LogP contribution in [0.25, 0.3) is 0 Å². The number of hydrogen-bond donors (Lipinski definition) is 0. The van der Waals surface area contributed by atoms with Crippen LogP contribution in [-0.4, -0.2) is 37.0 Å². The Kier molecular flexibility index (Phi) is 10.7. The number of rotatable bonds is 13. The molecule has 0 N–H and O–H groups in total. The zero-order valence-electron chi connectivity index (χ0n) is 22.8. The maximum Gasteiger partial charge on any atom is 0.173 e. The molecule has 4 nitrogen and oxygen atoms in total. The highest BCUT2D eigenvalue weighted by Crippen LogP contribution is 2.30. The Morgan fingerprint density at radius 2 is 1.19 bits per heavy atom. The predicted molar refractivity (Wildman–Crippen MR) is 148 cm³/mol. The number of nitrogens with zero attached hydrogens (tertiary/aromatic N) is 4.